The van der Waals surface area contributed by atoms with E-state index in [-0.39, 0.29) is 0 Å². The quantitative estimate of drug-likeness (QED) is 0.783. The number of aryl methyl sites for hydroxylation is 1. The summed E-state index contributed by atoms with van der Waals surface area (Å²) in [6.45, 7) is 2.26. The summed E-state index contributed by atoms with van der Waals surface area (Å²) in [5, 5.41) is 0. The average Bonchev–Trinajstić information content (AvgIpc) is 2.88. The number of nitrogens with zero attached hydrogens (tertiary/aromatic N) is 2. The fourth-order valence-electron chi connectivity index (χ4n) is 3.99. The fourth-order valence-corrected chi connectivity index (χ4v) is 3.99. The minimum absolute atomic E-state index is 0.446. The lowest BCUT2D eigenvalue weighted by Crippen LogP contribution is -2.41. The summed E-state index contributed by atoms with van der Waals surface area (Å²) >= 11 is 0. The molecular weight excluding hydrogens is 244 g/mol. The zero-order valence-corrected chi connectivity index (χ0v) is 11.8. The lowest BCUT2D eigenvalue weighted by Gasteiger charge is -2.40. The molecule has 2 nitrogen and oxygen atoms in total. The Morgan fingerprint density at radius 3 is 2.50 bits per heavy atom. The van der Waals surface area contributed by atoms with E-state index in [2.05, 4.69) is 46.3 Å². The molecule has 20 heavy (non-hydrogen) atoms. The zero-order valence-electron chi connectivity index (χ0n) is 11.8. The predicted molar refractivity (Wildman–Crippen MR) is 82.1 cm³/mol. The second-order valence-electron chi connectivity index (χ2n) is 6.11. The molecule has 1 spiro atoms. The number of rotatable bonds is 1. The van der Waals surface area contributed by atoms with Gasteiger partial charge in [0.05, 0.1) is 0 Å². The molecular formula is C18H20N2. The van der Waals surface area contributed by atoms with Gasteiger partial charge in [-0.15, -0.1) is 0 Å². The van der Waals surface area contributed by atoms with Crippen LogP contribution < -0.4 is 4.90 Å². The third-order valence-electron chi connectivity index (χ3n) is 5.16. The average molecular weight is 264 g/mol. The highest BCUT2D eigenvalue weighted by molar-refractivity contribution is 5.44. The summed E-state index contributed by atoms with van der Waals surface area (Å²) < 4.78 is 0. The summed E-state index contributed by atoms with van der Waals surface area (Å²) in [5.41, 5.74) is 3.65. The monoisotopic (exact) mass is 264 g/mol. The van der Waals surface area contributed by atoms with E-state index in [1.165, 1.54) is 25.7 Å². The molecule has 2 heterocycles. The van der Waals surface area contributed by atoms with Crippen LogP contribution in [0.5, 0.6) is 0 Å². The van der Waals surface area contributed by atoms with Crippen molar-refractivity contribution >= 4 is 5.82 Å². The Bertz CT molecular complexity index is 598. The molecule has 0 amide bonds. The van der Waals surface area contributed by atoms with Crippen molar-refractivity contribution in [3.8, 4) is 0 Å². The van der Waals surface area contributed by atoms with E-state index in [0.717, 1.165) is 18.9 Å². The molecule has 1 aliphatic heterocycles. The molecule has 0 unspecified atom stereocenters. The van der Waals surface area contributed by atoms with E-state index in [0.29, 0.717) is 5.41 Å². The Balaban J connectivity index is 1.56. The van der Waals surface area contributed by atoms with Gasteiger partial charge in [-0.25, -0.2) is 4.98 Å². The Morgan fingerprint density at radius 1 is 0.900 bits per heavy atom. The van der Waals surface area contributed by atoms with Crippen molar-refractivity contribution in [2.24, 2.45) is 0 Å². The molecule has 0 N–H and O–H groups in total. The van der Waals surface area contributed by atoms with Crippen molar-refractivity contribution in [3.63, 3.8) is 0 Å². The molecule has 0 atom stereocenters. The smallest absolute Gasteiger partial charge is 0.128 e. The first-order valence-corrected chi connectivity index (χ1v) is 7.62. The Hall–Kier alpha value is -1.83. The second-order valence-corrected chi connectivity index (χ2v) is 6.11. The molecule has 4 rings (SSSR count). The molecule has 0 radical (unpaired) electrons. The van der Waals surface area contributed by atoms with Gasteiger partial charge in [-0.2, -0.15) is 0 Å². The van der Waals surface area contributed by atoms with E-state index in [1.807, 2.05) is 12.3 Å². The molecule has 102 valence electrons. The molecule has 0 saturated carbocycles. The standard InChI is InChI=1S/C18H20N2/c1-2-6-16-15(5-1)8-9-18(16)10-13-20(14-11-18)17-7-3-4-12-19-17/h1-7,12H,8-11,13-14H2. The highest BCUT2D eigenvalue weighted by atomic mass is 15.2. The number of hydrogen-bond donors (Lipinski definition) is 0. The first kappa shape index (κ1) is 12.0. The number of aromatic nitrogens is 1. The lowest BCUT2D eigenvalue weighted by atomic mass is 9.74. The minimum Gasteiger partial charge on any atom is -0.357 e. The highest BCUT2D eigenvalue weighted by Crippen LogP contribution is 2.46. The number of benzene rings is 1. The van der Waals surface area contributed by atoms with Crippen LogP contribution in [-0.4, -0.2) is 18.1 Å². The molecule has 2 aromatic rings. The summed E-state index contributed by atoms with van der Waals surface area (Å²) in [5.74, 6) is 1.13. The Morgan fingerprint density at radius 2 is 1.70 bits per heavy atom. The van der Waals surface area contributed by atoms with Gasteiger partial charge in [0, 0.05) is 19.3 Å². The molecule has 1 aromatic heterocycles. The number of piperidine rings is 1. The van der Waals surface area contributed by atoms with E-state index in [1.54, 1.807) is 11.1 Å². The maximum atomic E-state index is 4.49. The van der Waals surface area contributed by atoms with Crippen LogP contribution in [0.4, 0.5) is 5.82 Å². The zero-order chi connectivity index (χ0) is 13.4. The van der Waals surface area contributed by atoms with Gasteiger partial charge in [0.1, 0.15) is 5.82 Å². The number of anilines is 1. The molecule has 1 aromatic carbocycles. The van der Waals surface area contributed by atoms with Crippen molar-refractivity contribution < 1.29 is 0 Å². The van der Waals surface area contributed by atoms with Gasteiger partial charge < -0.3 is 4.90 Å². The first-order valence-electron chi connectivity index (χ1n) is 7.62. The maximum Gasteiger partial charge on any atom is 0.128 e. The molecule has 2 heteroatoms. The number of pyridine rings is 1. The van der Waals surface area contributed by atoms with Gasteiger partial charge in [-0.1, -0.05) is 30.3 Å². The van der Waals surface area contributed by atoms with Crippen LogP contribution >= 0.6 is 0 Å². The number of fused-ring (bicyclic) bond motifs is 2. The van der Waals surface area contributed by atoms with Crippen molar-refractivity contribution in [1.29, 1.82) is 0 Å². The van der Waals surface area contributed by atoms with Crippen molar-refractivity contribution in [1.82, 2.24) is 4.98 Å². The summed E-state index contributed by atoms with van der Waals surface area (Å²) in [7, 11) is 0. The Kier molecular flexibility index (Phi) is 2.76. The van der Waals surface area contributed by atoms with E-state index >= 15 is 0 Å². The van der Waals surface area contributed by atoms with Gasteiger partial charge in [0.2, 0.25) is 0 Å². The Labute approximate surface area is 120 Å². The molecule has 1 saturated heterocycles. The molecule has 1 fully saturated rings. The van der Waals surface area contributed by atoms with Crippen molar-refractivity contribution in [2.45, 2.75) is 31.1 Å². The lowest BCUT2D eigenvalue weighted by molar-refractivity contribution is 0.329. The maximum absolute atomic E-state index is 4.49. The van der Waals surface area contributed by atoms with Gasteiger partial charge in [-0.05, 0) is 54.4 Å². The van der Waals surface area contributed by atoms with E-state index in [4.69, 9.17) is 0 Å². The largest absolute Gasteiger partial charge is 0.357 e. The van der Waals surface area contributed by atoms with Gasteiger partial charge in [0.25, 0.3) is 0 Å². The van der Waals surface area contributed by atoms with Crippen LogP contribution in [0.25, 0.3) is 0 Å². The minimum atomic E-state index is 0.446. The van der Waals surface area contributed by atoms with Crippen LogP contribution in [0.3, 0.4) is 0 Å². The molecule has 0 bridgehead atoms. The predicted octanol–water partition coefficient (Wildman–Crippen LogP) is 3.57. The van der Waals surface area contributed by atoms with Crippen LogP contribution in [-0.2, 0) is 11.8 Å². The highest BCUT2D eigenvalue weighted by Gasteiger charge is 2.40. The second kappa shape index (κ2) is 4.62. The SMILES string of the molecule is c1ccc(N2CCC3(CCc4ccccc43)CC2)nc1. The molecule has 1 aliphatic carbocycles. The van der Waals surface area contributed by atoms with E-state index < -0.39 is 0 Å². The van der Waals surface area contributed by atoms with Crippen molar-refractivity contribution in [3.05, 3.63) is 59.8 Å². The summed E-state index contributed by atoms with van der Waals surface area (Å²) in [4.78, 5) is 6.92. The summed E-state index contributed by atoms with van der Waals surface area (Å²) in [6.07, 6.45) is 7.02. The van der Waals surface area contributed by atoms with Gasteiger partial charge in [0.15, 0.2) is 0 Å². The summed E-state index contributed by atoms with van der Waals surface area (Å²) in [6, 6.07) is 15.3. The van der Waals surface area contributed by atoms with Crippen LogP contribution in [0.15, 0.2) is 48.7 Å². The van der Waals surface area contributed by atoms with E-state index in [9.17, 15) is 0 Å². The first-order chi connectivity index (χ1) is 9.87. The third kappa shape index (κ3) is 1.82. The van der Waals surface area contributed by atoms with Gasteiger partial charge in [-0.3, -0.25) is 0 Å². The third-order valence-corrected chi connectivity index (χ3v) is 5.16. The molecule has 2 aliphatic rings. The van der Waals surface area contributed by atoms with Crippen LogP contribution in [0, 0.1) is 0 Å². The van der Waals surface area contributed by atoms with Crippen LogP contribution in [0.2, 0.25) is 0 Å². The fraction of sp³-hybridized carbons (Fsp3) is 0.389. The van der Waals surface area contributed by atoms with Crippen molar-refractivity contribution in [2.75, 3.05) is 18.0 Å². The van der Waals surface area contributed by atoms with Crippen LogP contribution in [0.1, 0.15) is 30.4 Å². The topological polar surface area (TPSA) is 16.1 Å². The van der Waals surface area contributed by atoms with Gasteiger partial charge >= 0.3 is 0 Å². The normalized spacial score (nSPS) is 20.1. The number of hydrogen-bond acceptors (Lipinski definition) is 2.